The highest BCUT2D eigenvalue weighted by Crippen LogP contribution is 2.43. The van der Waals surface area contributed by atoms with Crippen LogP contribution >= 0.6 is 0 Å². The maximum atomic E-state index is 5.85. The monoisotopic (exact) mass is 404 g/mol. The van der Waals surface area contributed by atoms with Gasteiger partial charge in [0.1, 0.15) is 0 Å². The van der Waals surface area contributed by atoms with Crippen LogP contribution < -0.4 is 0 Å². The van der Waals surface area contributed by atoms with Gasteiger partial charge in [0, 0.05) is 6.61 Å². The van der Waals surface area contributed by atoms with Crippen LogP contribution in [0.4, 0.5) is 0 Å². The summed E-state index contributed by atoms with van der Waals surface area (Å²) in [6.45, 7) is 5.35. The van der Waals surface area contributed by atoms with E-state index in [9.17, 15) is 0 Å². The third-order valence-electron chi connectivity index (χ3n) is 7.92. The summed E-state index contributed by atoms with van der Waals surface area (Å²) in [5.74, 6) is 3.28. The molecule has 0 aliphatic heterocycles. The molecule has 30 heavy (non-hydrogen) atoms. The average molecular weight is 405 g/mol. The maximum Gasteiger partial charge on any atom is 0.0575 e. The van der Waals surface area contributed by atoms with Crippen molar-refractivity contribution in [2.24, 2.45) is 11.8 Å². The van der Waals surface area contributed by atoms with E-state index in [0.29, 0.717) is 12.0 Å². The molecule has 0 aromatic heterocycles. The Morgan fingerprint density at radius 2 is 1.37 bits per heavy atom. The van der Waals surface area contributed by atoms with Crippen LogP contribution in [0.1, 0.15) is 93.7 Å². The van der Waals surface area contributed by atoms with Gasteiger partial charge in [-0.1, -0.05) is 61.5 Å². The van der Waals surface area contributed by atoms with Gasteiger partial charge >= 0.3 is 0 Å². The van der Waals surface area contributed by atoms with Crippen molar-refractivity contribution in [3.05, 3.63) is 71.3 Å². The third kappa shape index (κ3) is 5.55. The van der Waals surface area contributed by atoms with E-state index in [1.54, 1.807) is 5.56 Å². The van der Waals surface area contributed by atoms with Crippen LogP contribution in [0.25, 0.3) is 0 Å². The molecule has 0 radical (unpaired) electrons. The predicted octanol–water partition coefficient (Wildman–Crippen LogP) is 7.90. The number of hydrogen-bond donors (Lipinski definition) is 0. The molecule has 1 atom stereocenters. The number of ether oxygens (including phenoxy) is 1. The van der Waals surface area contributed by atoms with Crippen LogP contribution in [0.15, 0.2) is 54.6 Å². The first-order chi connectivity index (χ1) is 14.7. The van der Waals surface area contributed by atoms with Crippen molar-refractivity contribution in [1.29, 1.82) is 0 Å². The molecule has 1 heteroatoms. The molecule has 0 bridgehead atoms. The van der Waals surface area contributed by atoms with Crippen LogP contribution in [0.3, 0.4) is 0 Å². The smallest absolute Gasteiger partial charge is 0.0575 e. The van der Waals surface area contributed by atoms with Gasteiger partial charge in [-0.05, 0) is 105 Å². The standard InChI is InChI=1S/C29H40O/c1-3-30-29-19-17-28(18-20-29)27-15-13-26(14-16-27)25-11-9-23(10-12-25)21-22(2)24-7-5-4-6-8-24/h4-12,22,26-29H,3,13-21H2,1-2H3/t22-,26?,27?,28?,29?/m0/s1. The molecule has 2 aromatic rings. The van der Waals surface area contributed by atoms with Gasteiger partial charge in [-0.2, -0.15) is 0 Å². The molecule has 4 rings (SSSR count). The Morgan fingerprint density at radius 3 is 1.97 bits per heavy atom. The molecule has 0 heterocycles. The Kier molecular flexibility index (Phi) is 7.66. The molecule has 0 saturated heterocycles. The first-order valence-corrected chi connectivity index (χ1v) is 12.5. The second-order valence-electron chi connectivity index (χ2n) is 9.86. The van der Waals surface area contributed by atoms with Crippen LogP contribution in [-0.2, 0) is 11.2 Å². The molecule has 162 valence electrons. The molecule has 2 saturated carbocycles. The minimum absolute atomic E-state index is 0.547. The van der Waals surface area contributed by atoms with Crippen LogP contribution in [0, 0.1) is 11.8 Å². The fraction of sp³-hybridized carbons (Fsp3) is 0.586. The molecule has 0 unspecified atom stereocenters. The Hall–Kier alpha value is -1.60. The van der Waals surface area contributed by atoms with E-state index >= 15 is 0 Å². The Morgan fingerprint density at radius 1 is 0.767 bits per heavy atom. The van der Waals surface area contributed by atoms with E-state index in [-0.39, 0.29) is 0 Å². The van der Waals surface area contributed by atoms with Gasteiger partial charge in [-0.25, -0.2) is 0 Å². The van der Waals surface area contributed by atoms with Crippen molar-refractivity contribution in [2.75, 3.05) is 6.61 Å². The number of benzene rings is 2. The topological polar surface area (TPSA) is 9.23 Å². The van der Waals surface area contributed by atoms with Gasteiger partial charge in [0.05, 0.1) is 6.10 Å². The van der Waals surface area contributed by atoms with Gasteiger partial charge in [0.25, 0.3) is 0 Å². The van der Waals surface area contributed by atoms with Gasteiger partial charge in [-0.15, -0.1) is 0 Å². The van der Waals surface area contributed by atoms with Crippen LogP contribution in [0.5, 0.6) is 0 Å². The van der Waals surface area contributed by atoms with Gasteiger partial charge in [-0.3, -0.25) is 0 Å². The van der Waals surface area contributed by atoms with E-state index in [2.05, 4.69) is 68.4 Å². The van der Waals surface area contributed by atoms with E-state index in [4.69, 9.17) is 4.74 Å². The normalized spacial score (nSPS) is 28.2. The van der Waals surface area contributed by atoms with Crippen molar-refractivity contribution in [2.45, 2.75) is 89.6 Å². The minimum Gasteiger partial charge on any atom is -0.379 e. The van der Waals surface area contributed by atoms with Crippen molar-refractivity contribution < 1.29 is 4.74 Å². The lowest BCUT2D eigenvalue weighted by Crippen LogP contribution is -2.28. The highest BCUT2D eigenvalue weighted by Gasteiger charge is 2.31. The number of rotatable bonds is 7. The van der Waals surface area contributed by atoms with E-state index < -0.39 is 0 Å². The van der Waals surface area contributed by atoms with Crippen molar-refractivity contribution in [3.8, 4) is 0 Å². The summed E-state index contributed by atoms with van der Waals surface area (Å²) >= 11 is 0. The lowest BCUT2D eigenvalue weighted by atomic mass is 9.69. The van der Waals surface area contributed by atoms with Crippen molar-refractivity contribution in [1.82, 2.24) is 0 Å². The summed E-state index contributed by atoms with van der Waals surface area (Å²) in [4.78, 5) is 0. The molecule has 0 N–H and O–H groups in total. The summed E-state index contributed by atoms with van der Waals surface area (Å²) < 4.78 is 5.85. The predicted molar refractivity (Wildman–Crippen MR) is 127 cm³/mol. The fourth-order valence-corrected chi connectivity index (χ4v) is 6.07. The van der Waals surface area contributed by atoms with E-state index in [0.717, 1.165) is 30.8 Å². The lowest BCUT2D eigenvalue weighted by Gasteiger charge is -2.38. The van der Waals surface area contributed by atoms with Crippen molar-refractivity contribution in [3.63, 3.8) is 0 Å². The summed E-state index contributed by atoms with van der Waals surface area (Å²) in [5, 5.41) is 0. The zero-order chi connectivity index (χ0) is 20.8. The molecule has 2 aliphatic carbocycles. The highest BCUT2D eigenvalue weighted by molar-refractivity contribution is 5.28. The van der Waals surface area contributed by atoms with Crippen LogP contribution in [0.2, 0.25) is 0 Å². The third-order valence-corrected chi connectivity index (χ3v) is 7.92. The zero-order valence-corrected chi connectivity index (χ0v) is 19.1. The molecule has 0 amide bonds. The van der Waals surface area contributed by atoms with Crippen LogP contribution in [-0.4, -0.2) is 12.7 Å². The Bertz CT molecular complexity index is 734. The molecule has 2 aliphatic rings. The molecule has 2 fully saturated rings. The number of hydrogen-bond acceptors (Lipinski definition) is 1. The minimum atomic E-state index is 0.547. The van der Waals surface area contributed by atoms with E-state index in [1.165, 1.54) is 62.5 Å². The largest absolute Gasteiger partial charge is 0.379 e. The Balaban J connectivity index is 1.25. The molecular weight excluding hydrogens is 364 g/mol. The quantitative estimate of drug-likeness (QED) is 0.455. The summed E-state index contributed by atoms with van der Waals surface area (Å²) in [6.07, 6.45) is 12.7. The highest BCUT2D eigenvalue weighted by atomic mass is 16.5. The maximum absolute atomic E-state index is 5.85. The van der Waals surface area contributed by atoms with E-state index in [1.807, 2.05) is 0 Å². The Labute approximate surface area is 184 Å². The summed E-state index contributed by atoms with van der Waals surface area (Å²) in [7, 11) is 0. The van der Waals surface area contributed by atoms with Gasteiger partial charge in [0.2, 0.25) is 0 Å². The molecular formula is C29H40O. The molecule has 2 aromatic carbocycles. The first kappa shape index (κ1) is 21.6. The molecule has 0 spiro atoms. The molecule has 1 nitrogen and oxygen atoms in total. The summed E-state index contributed by atoms with van der Waals surface area (Å²) in [6, 6.07) is 20.5. The fourth-order valence-electron chi connectivity index (χ4n) is 6.07. The first-order valence-electron chi connectivity index (χ1n) is 12.5. The van der Waals surface area contributed by atoms with Gasteiger partial charge in [0.15, 0.2) is 0 Å². The second kappa shape index (κ2) is 10.6. The SMILES string of the molecule is CCOC1CCC(C2CCC(c3ccc(C[C@H](C)c4ccccc4)cc3)CC2)CC1. The second-order valence-corrected chi connectivity index (χ2v) is 9.86. The summed E-state index contributed by atoms with van der Waals surface area (Å²) in [5.41, 5.74) is 4.48. The lowest BCUT2D eigenvalue weighted by molar-refractivity contribution is 0.0146. The van der Waals surface area contributed by atoms with Gasteiger partial charge < -0.3 is 4.74 Å². The zero-order valence-electron chi connectivity index (χ0n) is 19.1. The average Bonchev–Trinajstić information content (AvgIpc) is 2.81. The van der Waals surface area contributed by atoms with Crippen molar-refractivity contribution >= 4 is 0 Å².